The van der Waals surface area contributed by atoms with Crippen molar-refractivity contribution in [2.75, 3.05) is 0 Å². The van der Waals surface area contributed by atoms with E-state index in [0.29, 0.717) is 17.3 Å². The molecule has 0 aromatic heterocycles. The molecule has 10 atom stereocenters. The van der Waals surface area contributed by atoms with Crippen LogP contribution in [0.25, 0.3) is 0 Å². The van der Waals surface area contributed by atoms with Gasteiger partial charge in [-0.3, -0.25) is 4.79 Å². The summed E-state index contributed by atoms with van der Waals surface area (Å²) in [6, 6.07) is 0. The highest BCUT2D eigenvalue weighted by molar-refractivity contribution is 5.66. The van der Waals surface area contributed by atoms with E-state index in [1.165, 1.54) is 19.8 Å². The number of hydrogen-bond donors (Lipinski definition) is 2. The molecule has 1 aliphatic heterocycles. The lowest BCUT2D eigenvalue weighted by Gasteiger charge is -2.63. The highest BCUT2D eigenvalue weighted by atomic mass is 16.6. The number of aliphatic hydroxyl groups excluding tert-OH is 2. The molecular weight excluding hydrogens is 464 g/mol. The molecule has 0 unspecified atom stereocenters. The van der Waals surface area contributed by atoms with E-state index >= 15 is 0 Å². The molecule has 1 heterocycles. The summed E-state index contributed by atoms with van der Waals surface area (Å²) in [7, 11) is 0. The molecule has 5 saturated carbocycles. The van der Waals surface area contributed by atoms with Gasteiger partial charge < -0.3 is 19.7 Å². The molecule has 2 spiro atoms. The molecule has 0 bridgehead atoms. The fraction of sp³-hybridized carbons (Fsp3) is 0.875. The first kappa shape index (κ1) is 26.6. The first-order valence-corrected chi connectivity index (χ1v) is 15.0. The van der Waals surface area contributed by atoms with Crippen molar-refractivity contribution in [3.63, 3.8) is 0 Å². The zero-order valence-electron chi connectivity index (χ0n) is 24.3. The fourth-order valence-corrected chi connectivity index (χ4v) is 11.4. The maximum Gasteiger partial charge on any atom is 0.303 e. The van der Waals surface area contributed by atoms with Crippen LogP contribution in [0.2, 0.25) is 0 Å². The first-order valence-electron chi connectivity index (χ1n) is 15.0. The monoisotopic (exact) mass is 513 g/mol. The summed E-state index contributed by atoms with van der Waals surface area (Å²) in [4.78, 5) is 11.9. The van der Waals surface area contributed by atoms with Gasteiger partial charge in [0, 0.05) is 18.3 Å². The van der Waals surface area contributed by atoms with Gasteiger partial charge >= 0.3 is 5.97 Å². The summed E-state index contributed by atoms with van der Waals surface area (Å²) >= 11 is 0. The van der Waals surface area contributed by atoms with Crippen LogP contribution in [0.5, 0.6) is 0 Å². The third-order valence-corrected chi connectivity index (χ3v) is 13.2. The van der Waals surface area contributed by atoms with Gasteiger partial charge in [0.2, 0.25) is 0 Å². The van der Waals surface area contributed by atoms with Crippen LogP contribution in [-0.2, 0) is 14.3 Å². The third kappa shape index (κ3) is 3.06. The highest BCUT2D eigenvalue weighted by Gasteiger charge is 2.85. The molecule has 37 heavy (non-hydrogen) atoms. The van der Waals surface area contributed by atoms with E-state index in [4.69, 9.17) is 9.47 Å². The Balaban J connectivity index is 1.34. The first-order chi connectivity index (χ1) is 17.2. The van der Waals surface area contributed by atoms with Crippen LogP contribution in [0.4, 0.5) is 0 Å². The lowest BCUT2D eigenvalue weighted by Crippen LogP contribution is -2.58. The Labute approximate surface area is 224 Å². The number of hydrogen-bond acceptors (Lipinski definition) is 5. The minimum Gasteiger partial charge on any atom is -0.459 e. The van der Waals surface area contributed by atoms with Gasteiger partial charge in [0.1, 0.15) is 18.3 Å². The van der Waals surface area contributed by atoms with Crippen LogP contribution in [0, 0.1) is 68.9 Å². The van der Waals surface area contributed by atoms with Gasteiger partial charge in [0.05, 0.1) is 12.2 Å². The smallest absolute Gasteiger partial charge is 0.303 e. The maximum atomic E-state index is 12.2. The second kappa shape index (κ2) is 7.97. The molecule has 6 aliphatic rings. The zero-order chi connectivity index (χ0) is 26.9. The zero-order valence-corrected chi connectivity index (χ0v) is 24.3. The van der Waals surface area contributed by atoms with Crippen molar-refractivity contribution in [1.29, 1.82) is 0 Å². The number of carbonyl (C=O) groups is 1. The molecule has 6 fully saturated rings. The summed E-state index contributed by atoms with van der Waals surface area (Å²) in [5.41, 5.74) is 0.0923. The van der Waals surface area contributed by atoms with Crippen molar-refractivity contribution in [3.8, 4) is 0 Å². The SMILES string of the molecule is CC(=O)O[C@@H]([C]1C[C@@H](C)[C@H]2[C](O1)[C@H](O)[C@@]1(C)[C]3CC[C@H]4C(C)(C)[C@@H](O)CC[C@@]45C[C@@]35CC[C@]21C)C(C)C. The number of ether oxygens (including phenoxy) is 2. The minimum absolute atomic E-state index is 0.0456. The van der Waals surface area contributed by atoms with E-state index in [0.717, 1.165) is 50.7 Å². The van der Waals surface area contributed by atoms with Gasteiger partial charge in [-0.25, -0.2) is 0 Å². The van der Waals surface area contributed by atoms with Gasteiger partial charge in [0.25, 0.3) is 0 Å². The van der Waals surface area contributed by atoms with Gasteiger partial charge in [0.15, 0.2) is 0 Å². The molecule has 5 aliphatic carbocycles. The van der Waals surface area contributed by atoms with E-state index < -0.39 is 6.10 Å². The third-order valence-electron chi connectivity index (χ3n) is 13.2. The standard InChI is InChI=1S/C32H49O5/c1-17(2)25(36-19(4)33)20-15-18(3)24-26(37-20)27(35)30(8)22-10-9-21-28(5,6)23(34)11-12-31(21)16-32(22,31)14-13-29(24,30)7/h17-18,21,23-25,27,34-35H,9-16H2,1-8H3/t18-,21+,23+,24+,25-,27+,29-,30-,31-,32+/m1/s1. The number of aliphatic hydroxyl groups is 2. The summed E-state index contributed by atoms with van der Waals surface area (Å²) in [5, 5.41) is 23.2. The predicted molar refractivity (Wildman–Crippen MR) is 141 cm³/mol. The Hall–Kier alpha value is -0.650. The average Bonchev–Trinajstić information content (AvgIpc) is 3.45. The minimum atomic E-state index is -0.644. The van der Waals surface area contributed by atoms with Crippen LogP contribution in [0.15, 0.2) is 0 Å². The lowest BCUT2D eigenvalue weighted by molar-refractivity contribution is -0.155. The van der Waals surface area contributed by atoms with Crippen molar-refractivity contribution in [2.45, 2.75) is 125 Å². The summed E-state index contributed by atoms with van der Waals surface area (Å²) in [6.45, 7) is 17.3. The van der Waals surface area contributed by atoms with Crippen LogP contribution in [-0.4, -0.2) is 34.5 Å². The van der Waals surface area contributed by atoms with Gasteiger partial charge in [-0.15, -0.1) is 0 Å². The molecule has 5 nitrogen and oxygen atoms in total. The van der Waals surface area contributed by atoms with Gasteiger partial charge in [-0.2, -0.15) is 0 Å². The molecule has 0 amide bonds. The predicted octanol–water partition coefficient (Wildman–Crippen LogP) is 6.03. The van der Waals surface area contributed by atoms with E-state index in [1.807, 2.05) is 0 Å². The Morgan fingerprint density at radius 2 is 1.78 bits per heavy atom. The topological polar surface area (TPSA) is 76.0 Å². The largest absolute Gasteiger partial charge is 0.459 e. The fourth-order valence-electron chi connectivity index (χ4n) is 11.4. The number of carbonyl (C=O) groups excluding carboxylic acids is 1. The Morgan fingerprint density at radius 1 is 1.08 bits per heavy atom. The Morgan fingerprint density at radius 3 is 2.43 bits per heavy atom. The van der Waals surface area contributed by atoms with Gasteiger partial charge in [-0.1, -0.05) is 48.5 Å². The summed E-state index contributed by atoms with van der Waals surface area (Å²) < 4.78 is 12.4. The maximum absolute atomic E-state index is 12.2. The number of esters is 1. The highest BCUT2D eigenvalue weighted by Crippen LogP contribution is 2.90. The second-order valence-corrected chi connectivity index (χ2v) is 15.3. The van der Waals surface area contributed by atoms with E-state index in [1.54, 1.807) is 5.92 Å². The van der Waals surface area contributed by atoms with Crippen molar-refractivity contribution in [2.24, 2.45) is 50.7 Å². The number of rotatable bonds is 3. The van der Waals surface area contributed by atoms with Crippen LogP contribution >= 0.6 is 0 Å². The van der Waals surface area contributed by atoms with E-state index in [-0.39, 0.29) is 51.7 Å². The molecule has 1 saturated heterocycles. The van der Waals surface area contributed by atoms with Gasteiger partial charge in [-0.05, 0) is 96.7 Å². The molecule has 2 N–H and O–H groups in total. The van der Waals surface area contributed by atoms with E-state index in [2.05, 4.69) is 48.5 Å². The summed E-state index contributed by atoms with van der Waals surface area (Å²) in [6.07, 6.45) is 8.92. The van der Waals surface area contributed by atoms with Crippen molar-refractivity contribution in [1.82, 2.24) is 0 Å². The van der Waals surface area contributed by atoms with Crippen LogP contribution in [0.3, 0.4) is 0 Å². The molecule has 5 heteroatoms. The second-order valence-electron chi connectivity index (χ2n) is 15.3. The molecule has 0 aromatic carbocycles. The molecule has 3 radical (unpaired) electrons. The molecule has 6 rings (SSSR count). The molecule has 0 aromatic rings. The molecule has 207 valence electrons. The quantitative estimate of drug-likeness (QED) is 0.451. The molecular formula is C32H49O5. The van der Waals surface area contributed by atoms with Crippen molar-refractivity contribution >= 4 is 5.97 Å². The Kier molecular flexibility index (Phi) is 5.72. The Bertz CT molecular complexity index is 961. The van der Waals surface area contributed by atoms with Crippen LogP contribution in [0.1, 0.15) is 107 Å². The van der Waals surface area contributed by atoms with Crippen molar-refractivity contribution in [3.05, 3.63) is 18.1 Å². The van der Waals surface area contributed by atoms with Crippen LogP contribution < -0.4 is 0 Å². The van der Waals surface area contributed by atoms with Crippen molar-refractivity contribution < 1.29 is 24.5 Å². The lowest BCUT2D eigenvalue weighted by atomic mass is 9.41. The average molecular weight is 514 g/mol. The normalized spacial score (nSPS) is 51.9. The number of fused-ring (bicyclic) bond motifs is 4. The summed E-state index contributed by atoms with van der Waals surface area (Å²) in [5.74, 6) is 2.51. The van der Waals surface area contributed by atoms with E-state index in [9.17, 15) is 15.0 Å².